The van der Waals surface area contributed by atoms with Gasteiger partial charge in [-0.1, -0.05) is 18.2 Å². The van der Waals surface area contributed by atoms with Crippen molar-refractivity contribution in [3.05, 3.63) is 58.6 Å². The standard InChI is InChI=1S/C16H16BrNO3/c17-14-11-12(16(19)20)7-8-15(14)18-9-4-10-21-13-5-2-1-3-6-13/h1-3,5-8,11,18H,4,9-10H2,(H,19,20). The number of carboxylic acid groups (broad SMARTS) is 1. The number of hydrogen-bond acceptors (Lipinski definition) is 3. The molecule has 0 aliphatic heterocycles. The summed E-state index contributed by atoms with van der Waals surface area (Å²) in [5.74, 6) is -0.0667. The fourth-order valence-electron chi connectivity index (χ4n) is 1.79. The van der Waals surface area contributed by atoms with Gasteiger partial charge in [-0.05, 0) is 52.7 Å². The molecule has 0 unspecified atom stereocenters. The van der Waals surface area contributed by atoms with Crippen LogP contribution in [0.1, 0.15) is 16.8 Å². The number of ether oxygens (including phenoxy) is 1. The van der Waals surface area contributed by atoms with E-state index in [9.17, 15) is 4.79 Å². The van der Waals surface area contributed by atoms with Gasteiger partial charge in [0.2, 0.25) is 0 Å². The molecule has 0 aromatic heterocycles. The fourth-order valence-corrected chi connectivity index (χ4v) is 2.31. The number of aromatic carboxylic acids is 1. The van der Waals surface area contributed by atoms with Gasteiger partial charge in [0.15, 0.2) is 0 Å². The topological polar surface area (TPSA) is 58.6 Å². The highest BCUT2D eigenvalue weighted by Crippen LogP contribution is 2.23. The average molecular weight is 350 g/mol. The number of nitrogens with one attached hydrogen (secondary N) is 1. The normalized spacial score (nSPS) is 10.1. The maximum Gasteiger partial charge on any atom is 0.335 e. The van der Waals surface area contributed by atoms with Gasteiger partial charge in [-0.25, -0.2) is 4.79 Å². The molecule has 4 nitrogen and oxygen atoms in total. The molecule has 0 saturated carbocycles. The molecule has 2 N–H and O–H groups in total. The molecule has 0 aliphatic rings. The van der Waals surface area contributed by atoms with Crippen LogP contribution in [-0.2, 0) is 0 Å². The molecule has 0 heterocycles. The summed E-state index contributed by atoms with van der Waals surface area (Å²) >= 11 is 3.36. The zero-order chi connectivity index (χ0) is 15.1. The number of carboxylic acids is 1. The van der Waals surface area contributed by atoms with Crippen LogP contribution < -0.4 is 10.1 Å². The summed E-state index contributed by atoms with van der Waals surface area (Å²) in [4.78, 5) is 10.8. The molecule has 0 aliphatic carbocycles. The first-order valence-electron chi connectivity index (χ1n) is 6.61. The van der Waals surface area contributed by atoms with Crippen LogP contribution in [0, 0.1) is 0 Å². The second-order valence-corrected chi connectivity index (χ2v) is 5.30. The quantitative estimate of drug-likeness (QED) is 0.741. The summed E-state index contributed by atoms with van der Waals surface area (Å²) in [5, 5.41) is 12.1. The molecule has 0 radical (unpaired) electrons. The van der Waals surface area contributed by atoms with Crippen molar-refractivity contribution in [2.75, 3.05) is 18.5 Å². The van der Waals surface area contributed by atoms with Crippen molar-refractivity contribution in [2.24, 2.45) is 0 Å². The molecule has 0 spiro atoms. The predicted octanol–water partition coefficient (Wildman–Crippen LogP) is 4.03. The van der Waals surface area contributed by atoms with Gasteiger partial charge in [-0.3, -0.25) is 0 Å². The Morgan fingerprint density at radius 2 is 1.95 bits per heavy atom. The van der Waals surface area contributed by atoms with Crippen molar-refractivity contribution in [3.8, 4) is 5.75 Å². The summed E-state index contributed by atoms with van der Waals surface area (Å²) in [6.07, 6.45) is 0.849. The van der Waals surface area contributed by atoms with Gasteiger partial charge in [-0.15, -0.1) is 0 Å². The Kier molecular flexibility index (Phi) is 5.63. The third-order valence-electron chi connectivity index (χ3n) is 2.86. The van der Waals surface area contributed by atoms with Crippen molar-refractivity contribution >= 4 is 27.6 Å². The summed E-state index contributed by atoms with van der Waals surface area (Å²) in [5.41, 5.74) is 1.14. The van der Waals surface area contributed by atoms with Gasteiger partial charge in [0.1, 0.15) is 5.75 Å². The van der Waals surface area contributed by atoms with Crippen molar-refractivity contribution in [2.45, 2.75) is 6.42 Å². The minimum atomic E-state index is -0.932. The lowest BCUT2D eigenvalue weighted by Gasteiger charge is -2.10. The Morgan fingerprint density at radius 3 is 2.62 bits per heavy atom. The molecule has 0 amide bonds. The van der Waals surface area contributed by atoms with Crippen LogP contribution >= 0.6 is 15.9 Å². The van der Waals surface area contributed by atoms with Crippen LogP contribution in [0.5, 0.6) is 5.75 Å². The van der Waals surface area contributed by atoms with Crippen LogP contribution in [0.2, 0.25) is 0 Å². The van der Waals surface area contributed by atoms with E-state index in [0.29, 0.717) is 6.61 Å². The zero-order valence-corrected chi connectivity index (χ0v) is 13.0. The van der Waals surface area contributed by atoms with E-state index < -0.39 is 5.97 Å². The van der Waals surface area contributed by atoms with E-state index in [1.165, 1.54) is 0 Å². The molecule has 5 heteroatoms. The second kappa shape index (κ2) is 7.69. The third kappa shape index (κ3) is 4.79. The van der Waals surface area contributed by atoms with Crippen molar-refractivity contribution in [3.63, 3.8) is 0 Å². The van der Waals surface area contributed by atoms with Crippen molar-refractivity contribution in [1.29, 1.82) is 0 Å². The molecule has 2 rings (SSSR count). The third-order valence-corrected chi connectivity index (χ3v) is 3.52. The Balaban J connectivity index is 1.75. The molecule has 2 aromatic carbocycles. The number of para-hydroxylation sites is 1. The largest absolute Gasteiger partial charge is 0.494 e. The second-order valence-electron chi connectivity index (χ2n) is 4.44. The van der Waals surface area contributed by atoms with E-state index in [1.807, 2.05) is 30.3 Å². The number of halogens is 1. The highest BCUT2D eigenvalue weighted by molar-refractivity contribution is 9.10. The summed E-state index contributed by atoms with van der Waals surface area (Å²) < 4.78 is 6.34. The molecule has 0 atom stereocenters. The molecule has 0 saturated heterocycles. The molecule has 2 aromatic rings. The highest BCUT2D eigenvalue weighted by Gasteiger charge is 2.06. The SMILES string of the molecule is O=C(O)c1ccc(NCCCOc2ccccc2)c(Br)c1. The van der Waals surface area contributed by atoms with Crippen LogP contribution in [0.15, 0.2) is 53.0 Å². The lowest BCUT2D eigenvalue weighted by atomic mass is 10.2. The molecule has 21 heavy (non-hydrogen) atoms. The van der Waals surface area contributed by atoms with E-state index in [0.717, 1.165) is 28.9 Å². The van der Waals surface area contributed by atoms with Crippen LogP contribution in [0.3, 0.4) is 0 Å². The molecule has 0 bridgehead atoms. The maximum absolute atomic E-state index is 10.8. The monoisotopic (exact) mass is 349 g/mol. The van der Waals surface area contributed by atoms with Gasteiger partial charge in [0.25, 0.3) is 0 Å². The van der Waals surface area contributed by atoms with E-state index in [1.54, 1.807) is 18.2 Å². The fraction of sp³-hybridized carbons (Fsp3) is 0.188. The van der Waals surface area contributed by atoms with Crippen molar-refractivity contribution < 1.29 is 14.6 Å². The van der Waals surface area contributed by atoms with E-state index in [4.69, 9.17) is 9.84 Å². The van der Waals surface area contributed by atoms with Gasteiger partial charge >= 0.3 is 5.97 Å². The summed E-state index contributed by atoms with van der Waals surface area (Å²) in [7, 11) is 0. The Morgan fingerprint density at radius 1 is 1.19 bits per heavy atom. The molecule has 0 fully saturated rings. The van der Waals surface area contributed by atoms with Gasteiger partial charge in [-0.2, -0.15) is 0 Å². The Labute approximate surface area is 131 Å². The number of rotatable bonds is 7. The Hall–Kier alpha value is -2.01. The molecule has 110 valence electrons. The summed E-state index contributed by atoms with van der Waals surface area (Å²) in [6.45, 7) is 1.37. The number of carbonyl (C=O) groups is 1. The van der Waals surface area contributed by atoms with E-state index >= 15 is 0 Å². The van der Waals surface area contributed by atoms with Crippen LogP contribution in [0.25, 0.3) is 0 Å². The number of benzene rings is 2. The van der Waals surface area contributed by atoms with Gasteiger partial charge in [0, 0.05) is 16.7 Å². The Bertz CT molecular complexity index is 602. The van der Waals surface area contributed by atoms with Crippen molar-refractivity contribution in [1.82, 2.24) is 0 Å². The number of hydrogen-bond donors (Lipinski definition) is 2. The lowest BCUT2D eigenvalue weighted by Crippen LogP contribution is -2.08. The predicted molar refractivity (Wildman–Crippen MR) is 86.1 cm³/mol. The smallest absolute Gasteiger partial charge is 0.335 e. The van der Waals surface area contributed by atoms with Gasteiger partial charge in [0.05, 0.1) is 12.2 Å². The minimum Gasteiger partial charge on any atom is -0.494 e. The minimum absolute atomic E-state index is 0.264. The van der Waals surface area contributed by atoms with E-state index in [-0.39, 0.29) is 5.56 Å². The lowest BCUT2D eigenvalue weighted by molar-refractivity contribution is 0.0697. The first kappa shape index (κ1) is 15.4. The van der Waals surface area contributed by atoms with Crippen LogP contribution in [0.4, 0.5) is 5.69 Å². The zero-order valence-electron chi connectivity index (χ0n) is 11.4. The first-order valence-corrected chi connectivity index (χ1v) is 7.40. The van der Waals surface area contributed by atoms with Gasteiger partial charge < -0.3 is 15.2 Å². The van der Waals surface area contributed by atoms with Crippen LogP contribution in [-0.4, -0.2) is 24.2 Å². The first-order chi connectivity index (χ1) is 10.2. The molecular weight excluding hydrogens is 334 g/mol. The highest BCUT2D eigenvalue weighted by atomic mass is 79.9. The maximum atomic E-state index is 10.8. The number of anilines is 1. The summed E-state index contributed by atoms with van der Waals surface area (Å²) in [6, 6.07) is 14.6. The molecular formula is C16H16BrNO3. The average Bonchev–Trinajstić information content (AvgIpc) is 2.49. The van der Waals surface area contributed by atoms with E-state index in [2.05, 4.69) is 21.2 Å².